The van der Waals surface area contributed by atoms with E-state index < -0.39 is 0 Å². The lowest BCUT2D eigenvalue weighted by molar-refractivity contribution is 0.297. The zero-order chi connectivity index (χ0) is 9.80. The molecular formula is C10H9NO2S. The Kier molecular flexibility index (Phi) is 2.77. The summed E-state index contributed by atoms with van der Waals surface area (Å²) in [6, 6.07) is 5.47. The number of isothiocyanates is 1. The van der Waals surface area contributed by atoms with Crippen LogP contribution in [0.25, 0.3) is 0 Å². The predicted octanol–water partition coefficient (Wildman–Crippen LogP) is 2.58. The van der Waals surface area contributed by atoms with Crippen molar-refractivity contribution in [3.05, 3.63) is 18.2 Å². The predicted molar refractivity (Wildman–Crippen MR) is 56.7 cm³/mol. The molecule has 1 aromatic carbocycles. The van der Waals surface area contributed by atoms with E-state index in [0.29, 0.717) is 13.2 Å². The van der Waals surface area contributed by atoms with Crippen molar-refractivity contribution in [2.24, 2.45) is 4.99 Å². The average molecular weight is 207 g/mol. The van der Waals surface area contributed by atoms with Crippen LogP contribution in [0.5, 0.6) is 11.5 Å². The number of hydrogen-bond donors (Lipinski definition) is 0. The van der Waals surface area contributed by atoms with Crippen molar-refractivity contribution in [3.8, 4) is 11.5 Å². The van der Waals surface area contributed by atoms with Crippen molar-refractivity contribution in [1.82, 2.24) is 0 Å². The molecule has 0 amide bonds. The highest BCUT2D eigenvalue weighted by Crippen LogP contribution is 2.32. The van der Waals surface area contributed by atoms with E-state index >= 15 is 0 Å². The Morgan fingerprint density at radius 1 is 1.21 bits per heavy atom. The third kappa shape index (κ3) is 1.92. The van der Waals surface area contributed by atoms with Crippen molar-refractivity contribution >= 4 is 23.1 Å². The van der Waals surface area contributed by atoms with Crippen molar-refractivity contribution in [1.29, 1.82) is 0 Å². The summed E-state index contributed by atoms with van der Waals surface area (Å²) in [6.07, 6.45) is 0.903. The Labute approximate surface area is 87.4 Å². The molecule has 0 spiro atoms. The molecule has 1 aromatic rings. The molecule has 0 radical (unpaired) electrons. The molecule has 72 valence electrons. The van der Waals surface area contributed by atoms with Gasteiger partial charge in [0.1, 0.15) is 0 Å². The number of benzene rings is 1. The van der Waals surface area contributed by atoms with Crippen LogP contribution in [-0.4, -0.2) is 18.4 Å². The number of rotatable bonds is 1. The quantitative estimate of drug-likeness (QED) is 0.524. The highest BCUT2D eigenvalue weighted by Gasteiger charge is 2.09. The molecule has 3 nitrogen and oxygen atoms in total. The van der Waals surface area contributed by atoms with E-state index in [4.69, 9.17) is 9.47 Å². The van der Waals surface area contributed by atoms with Crippen molar-refractivity contribution in [2.75, 3.05) is 13.2 Å². The minimum atomic E-state index is 0.678. The molecule has 0 N–H and O–H groups in total. The number of thiocarbonyl (C=S) groups is 1. The second-order valence-electron chi connectivity index (χ2n) is 2.88. The lowest BCUT2D eigenvalue weighted by Crippen LogP contribution is -1.97. The maximum absolute atomic E-state index is 5.49. The summed E-state index contributed by atoms with van der Waals surface area (Å²) >= 11 is 4.53. The molecule has 4 heteroatoms. The molecule has 14 heavy (non-hydrogen) atoms. The second-order valence-corrected chi connectivity index (χ2v) is 3.07. The van der Waals surface area contributed by atoms with Crippen LogP contribution in [0, 0.1) is 0 Å². The molecule has 1 aliphatic heterocycles. The topological polar surface area (TPSA) is 30.8 Å². The Balaban J connectivity index is 2.36. The standard InChI is InChI=1S/C10H9NO2S/c14-7-11-8-2-3-9-10(6-8)13-5-1-4-12-9/h2-3,6H,1,4-5H2. The Hall–Kier alpha value is -1.38. The molecule has 1 aliphatic rings. The number of fused-ring (bicyclic) bond motifs is 1. The third-order valence-electron chi connectivity index (χ3n) is 1.91. The SMILES string of the molecule is S=C=Nc1ccc2c(c1)OCCCO2. The van der Waals surface area contributed by atoms with Crippen molar-refractivity contribution in [2.45, 2.75) is 6.42 Å². The first kappa shape index (κ1) is 9.19. The maximum atomic E-state index is 5.49. The lowest BCUT2D eigenvalue weighted by atomic mass is 10.3. The molecule has 0 saturated heterocycles. The number of nitrogens with zero attached hydrogens (tertiary/aromatic N) is 1. The van der Waals surface area contributed by atoms with E-state index in [0.717, 1.165) is 23.6 Å². The van der Waals surface area contributed by atoms with Gasteiger partial charge in [-0.2, -0.15) is 4.99 Å². The van der Waals surface area contributed by atoms with Gasteiger partial charge >= 0.3 is 0 Å². The Morgan fingerprint density at radius 3 is 2.79 bits per heavy atom. The van der Waals surface area contributed by atoms with Gasteiger partial charge in [0, 0.05) is 12.5 Å². The first-order valence-electron chi connectivity index (χ1n) is 4.37. The normalized spacial score (nSPS) is 14.0. The monoisotopic (exact) mass is 207 g/mol. The molecule has 0 saturated carbocycles. The van der Waals surface area contributed by atoms with Crippen LogP contribution >= 0.6 is 12.2 Å². The van der Waals surface area contributed by atoms with Gasteiger partial charge in [-0.15, -0.1) is 0 Å². The summed E-state index contributed by atoms with van der Waals surface area (Å²) in [4.78, 5) is 3.87. The minimum absolute atomic E-state index is 0.678. The van der Waals surface area contributed by atoms with E-state index in [1.54, 1.807) is 6.07 Å². The smallest absolute Gasteiger partial charge is 0.163 e. The van der Waals surface area contributed by atoms with Crippen LogP contribution in [0.1, 0.15) is 6.42 Å². The van der Waals surface area contributed by atoms with Gasteiger partial charge in [-0.05, 0) is 24.4 Å². The van der Waals surface area contributed by atoms with Gasteiger partial charge < -0.3 is 9.47 Å². The molecule has 0 atom stereocenters. The fourth-order valence-corrected chi connectivity index (χ4v) is 1.38. The highest BCUT2D eigenvalue weighted by molar-refractivity contribution is 7.78. The van der Waals surface area contributed by atoms with E-state index in [9.17, 15) is 0 Å². The summed E-state index contributed by atoms with van der Waals surface area (Å²) < 4.78 is 11.0. The van der Waals surface area contributed by atoms with Gasteiger partial charge in [0.15, 0.2) is 11.5 Å². The fourth-order valence-electron chi connectivity index (χ4n) is 1.27. The minimum Gasteiger partial charge on any atom is -0.490 e. The zero-order valence-corrected chi connectivity index (χ0v) is 8.34. The van der Waals surface area contributed by atoms with Gasteiger partial charge in [0.05, 0.1) is 24.1 Å². The van der Waals surface area contributed by atoms with Crippen molar-refractivity contribution in [3.63, 3.8) is 0 Å². The Bertz CT molecular complexity index is 386. The van der Waals surface area contributed by atoms with E-state index in [1.165, 1.54) is 0 Å². The number of ether oxygens (including phenoxy) is 2. The summed E-state index contributed by atoms with van der Waals surface area (Å²) in [5, 5.41) is 2.32. The Morgan fingerprint density at radius 2 is 2.00 bits per heavy atom. The van der Waals surface area contributed by atoms with Crippen LogP contribution in [-0.2, 0) is 0 Å². The van der Waals surface area contributed by atoms with Gasteiger partial charge in [-0.3, -0.25) is 0 Å². The first-order chi connectivity index (χ1) is 6.90. The lowest BCUT2D eigenvalue weighted by Gasteiger charge is -2.06. The van der Waals surface area contributed by atoms with Crippen LogP contribution in [0.2, 0.25) is 0 Å². The number of hydrogen-bond acceptors (Lipinski definition) is 4. The van der Waals surface area contributed by atoms with Crippen molar-refractivity contribution < 1.29 is 9.47 Å². The second kappa shape index (κ2) is 4.22. The van der Waals surface area contributed by atoms with E-state index in [1.807, 2.05) is 12.1 Å². The molecule has 0 unspecified atom stereocenters. The molecule has 0 bridgehead atoms. The average Bonchev–Trinajstić information content (AvgIpc) is 2.42. The van der Waals surface area contributed by atoms with Crippen LogP contribution < -0.4 is 9.47 Å². The molecular weight excluding hydrogens is 198 g/mol. The third-order valence-corrected chi connectivity index (χ3v) is 2.00. The largest absolute Gasteiger partial charge is 0.490 e. The first-order valence-corrected chi connectivity index (χ1v) is 4.78. The van der Waals surface area contributed by atoms with E-state index in [-0.39, 0.29) is 0 Å². The van der Waals surface area contributed by atoms with Gasteiger partial charge in [-0.1, -0.05) is 0 Å². The molecule has 1 heterocycles. The maximum Gasteiger partial charge on any atom is 0.163 e. The van der Waals surface area contributed by atoms with Gasteiger partial charge in [0.2, 0.25) is 0 Å². The summed E-state index contributed by atoms with van der Waals surface area (Å²) in [5.41, 5.74) is 0.740. The summed E-state index contributed by atoms with van der Waals surface area (Å²) in [6.45, 7) is 1.38. The zero-order valence-electron chi connectivity index (χ0n) is 7.53. The highest BCUT2D eigenvalue weighted by atomic mass is 32.1. The molecule has 0 aromatic heterocycles. The van der Waals surface area contributed by atoms with Crippen LogP contribution in [0.3, 0.4) is 0 Å². The molecule has 0 fully saturated rings. The molecule has 2 rings (SSSR count). The van der Waals surface area contributed by atoms with Gasteiger partial charge in [-0.25, -0.2) is 0 Å². The van der Waals surface area contributed by atoms with Gasteiger partial charge in [0.25, 0.3) is 0 Å². The fraction of sp³-hybridized carbons (Fsp3) is 0.300. The van der Waals surface area contributed by atoms with E-state index in [2.05, 4.69) is 22.4 Å². The molecule has 0 aliphatic carbocycles. The van der Waals surface area contributed by atoms with Crippen LogP contribution in [0.4, 0.5) is 5.69 Å². The van der Waals surface area contributed by atoms with Crippen LogP contribution in [0.15, 0.2) is 23.2 Å². The number of aliphatic imine (C=N–C) groups is 1. The summed E-state index contributed by atoms with van der Waals surface area (Å²) in [5.74, 6) is 1.50. The summed E-state index contributed by atoms with van der Waals surface area (Å²) in [7, 11) is 0.